The van der Waals surface area contributed by atoms with Gasteiger partial charge in [-0.15, -0.1) is 0 Å². The summed E-state index contributed by atoms with van der Waals surface area (Å²) in [5, 5.41) is 4.29. The fourth-order valence-corrected chi connectivity index (χ4v) is 5.24. The van der Waals surface area contributed by atoms with Gasteiger partial charge in [0.15, 0.2) is 5.65 Å². The largest absolute Gasteiger partial charge is 0.399 e. The molecule has 2 heterocycles. The van der Waals surface area contributed by atoms with E-state index in [0.29, 0.717) is 22.7 Å². The molecule has 8 heteroatoms. The van der Waals surface area contributed by atoms with Crippen molar-refractivity contribution in [3.8, 4) is 0 Å². The maximum atomic E-state index is 13.6. The van der Waals surface area contributed by atoms with Gasteiger partial charge in [-0.2, -0.15) is 0 Å². The first-order valence-corrected chi connectivity index (χ1v) is 14.0. The lowest BCUT2D eigenvalue weighted by atomic mass is 10.1. The fraction of sp³-hybridized carbons (Fsp3) is 0.188. The monoisotopic (exact) mass is 548 g/mol. The van der Waals surface area contributed by atoms with Crippen molar-refractivity contribution in [1.82, 2.24) is 19.9 Å². The molecule has 0 fully saturated rings. The van der Waals surface area contributed by atoms with Crippen molar-refractivity contribution in [2.75, 3.05) is 18.1 Å². The number of nitrogen functional groups attached to an aromatic ring is 1. The molecule has 7 nitrogen and oxygen atoms in total. The SMILES string of the molecule is CC(C)c1ccc2c(Nc3cc(C(=O)N(C)[C@@H](C)c4ccccc4)ccc3Sc3ccc(N)cc3)ncnc2n1. The number of hydrogen-bond acceptors (Lipinski definition) is 7. The molecule has 0 aliphatic heterocycles. The number of amides is 1. The number of pyridine rings is 1. The highest BCUT2D eigenvalue weighted by atomic mass is 32.2. The molecule has 2 aromatic heterocycles. The number of nitrogens with one attached hydrogen (secondary N) is 1. The van der Waals surface area contributed by atoms with Crippen molar-refractivity contribution in [2.45, 2.75) is 42.5 Å². The standard InChI is InChI=1S/C32H32N6OS/c1-20(2)27-16-15-26-30(36-27)34-19-35-31(26)37-28-18-23(10-17-29(28)40-25-13-11-24(33)12-14-25)32(39)38(4)21(3)22-8-6-5-7-9-22/h5-21H,33H2,1-4H3,(H,34,35,36,37)/t21-/m0/s1. The summed E-state index contributed by atoms with van der Waals surface area (Å²) in [5.74, 6) is 0.846. The Kier molecular flexibility index (Phi) is 7.98. The number of hydrogen-bond donors (Lipinski definition) is 2. The predicted octanol–water partition coefficient (Wildman–Crippen LogP) is 7.46. The van der Waals surface area contributed by atoms with Crippen molar-refractivity contribution in [2.24, 2.45) is 0 Å². The van der Waals surface area contributed by atoms with Crippen molar-refractivity contribution in [3.05, 3.63) is 108 Å². The van der Waals surface area contributed by atoms with Gasteiger partial charge in [-0.25, -0.2) is 15.0 Å². The summed E-state index contributed by atoms with van der Waals surface area (Å²) >= 11 is 1.58. The molecule has 0 radical (unpaired) electrons. The molecule has 1 atom stereocenters. The van der Waals surface area contributed by atoms with Crippen molar-refractivity contribution in [3.63, 3.8) is 0 Å². The maximum Gasteiger partial charge on any atom is 0.254 e. The predicted molar refractivity (Wildman–Crippen MR) is 163 cm³/mol. The van der Waals surface area contributed by atoms with Crippen LogP contribution in [0.4, 0.5) is 17.2 Å². The highest BCUT2D eigenvalue weighted by molar-refractivity contribution is 7.99. The quantitative estimate of drug-likeness (QED) is 0.194. The number of benzene rings is 3. The van der Waals surface area contributed by atoms with Gasteiger partial charge in [0.25, 0.3) is 5.91 Å². The first-order chi connectivity index (χ1) is 19.3. The van der Waals surface area contributed by atoms with E-state index in [2.05, 4.69) is 29.1 Å². The zero-order valence-electron chi connectivity index (χ0n) is 23.0. The first-order valence-electron chi connectivity index (χ1n) is 13.2. The smallest absolute Gasteiger partial charge is 0.254 e. The Morgan fingerprint density at radius 3 is 2.40 bits per heavy atom. The molecular weight excluding hydrogens is 516 g/mol. The van der Waals surface area contributed by atoms with Gasteiger partial charge in [-0.3, -0.25) is 4.79 Å². The van der Waals surface area contributed by atoms with E-state index in [1.807, 2.05) is 98.9 Å². The third-order valence-corrected chi connectivity index (χ3v) is 7.96. The second-order valence-electron chi connectivity index (χ2n) is 9.99. The lowest BCUT2D eigenvalue weighted by Crippen LogP contribution is -2.29. The Bertz CT molecular complexity index is 1640. The third kappa shape index (κ3) is 5.92. The van der Waals surface area contributed by atoms with Crippen LogP contribution in [0.25, 0.3) is 11.0 Å². The molecule has 0 spiro atoms. The van der Waals surface area contributed by atoms with Crippen LogP contribution in [0, 0.1) is 0 Å². The molecular formula is C32H32N6OS. The Hall–Kier alpha value is -4.43. The molecule has 40 heavy (non-hydrogen) atoms. The van der Waals surface area contributed by atoms with Crippen molar-refractivity contribution < 1.29 is 4.79 Å². The van der Waals surface area contributed by atoms with E-state index in [4.69, 9.17) is 10.7 Å². The second kappa shape index (κ2) is 11.8. The molecule has 0 bridgehead atoms. The van der Waals surface area contributed by atoms with Crippen LogP contribution in [0.5, 0.6) is 0 Å². The number of nitrogens with zero attached hydrogens (tertiary/aromatic N) is 4. The third-order valence-electron chi connectivity index (χ3n) is 6.88. The highest BCUT2D eigenvalue weighted by Crippen LogP contribution is 2.37. The second-order valence-corrected chi connectivity index (χ2v) is 11.1. The molecule has 0 aliphatic rings. The number of anilines is 3. The van der Waals surface area contributed by atoms with Crippen LogP contribution in [-0.2, 0) is 0 Å². The summed E-state index contributed by atoms with van der Waals surface area (Å²) in [6.07, 6.45) is 1.51. The van der Waals surface area contributed by atoms with Gasteiger partial charge < -0.3 is 16.0 Å². The molecule has 0 aliphatic carbocycles. The number of carbonyl (C=O) groups is 1. The molecule has 0 unspecified atom stereocenters. The average molecular weight is 549 g/mol. The van der Waals surface area contributed by atoms with E-state index in [1.54, 1.807) is 16.7 Å². The van der Waals surface area contributed by atoms with E-state index in [1.165, 1.54) is 6.33 Å². The zero-order valence-corrected chi connectivity index (χ0v) is 23.8. The van der Waals surface area contributed by atoms with Crippen LogP contribution in [-0.4, -0.2) is 32.8 Å². The number of nitrogens with two attached hydrogens (primary N) is 1. The van der Waals surface area contributed by atoms with E-state index in [0.717, 1.165) is 32.1 Å². The summed E-state index contributed by atoms with van der Waals surface area (Å²) in [6, 6.07) is 27.4. The lowest BCUT2D eigenvalue weighted by Gasteiger charge is -2.26. The van der Waals surface area contributed by atoms with Crippen LogP contribution in [0.1, 0.15) is 54.3 Å². The van der Waals surface area contributed by atoms with Gasteiger partial charge in [0.2, 0.25) is 0 Å². The Morgan fingerprint density at radius 2 is 1.68 bits per heavy atom. The van der Waals surface area contributed by atoms with Crippen molar-refractivity contribution in [1.29, 1.82) is 0 Å². The lowest BCUT2D eigenvalue weighted by molar-refractivity contribution is 0.0742. The van der Waals surface area contributed by atoms with Crippen LogP contribution < -0.4 is 11.1 Å². The zero-order chi connectivity index (χ0) is 28.2. The fourth-order valence-electron chi connectivity index (χ4n) is 4.35. The van der Waals surface area contributed by atoms with Crippen LogP contribution in [0.2, 0.25) is 0 Å². The molecule has 202 valence electrons. The summed E-state index contributed by atoms with van der Waals surface area (Å²) in [6.45, 7) is 6.24. The highest BCUT2D eigenvalue weighted by Gasteiger charge is 2.21. The minimum Gasteiger partial charge on any atom is -0.399 e. The minimum absolute atomic E-state index is 0.0702. The van der Waals surface area contributed by atoms with E-state index in [9.17, 15) is 4.79 Å². The van der Waals surface area contributed by atoms with Gasteiger partial charge in [0.05, 0.1) is 17.1 Å². The summed E-state index contributed by atoms with van der Waals surface area (Å²) < 4.78 is 0. The topological polar surface area (TPSA) is 97.0 Å². The van der Waals surface area contributed by atoms with Crippen LogP contribution in [0.3, 0.4) is 0 Å². The molecule has 5 rings (SSSR count). The average Bonchev–Trinajstić information content (AvgIpc) is 2.98. The van der Waals surface area contributed by atoms with Crippen LogP contribution in [0.15, 0.2) is 101 Å². The summed E-state index contributed by atoms with van der Waals surface area (Å²) in [7, 11) is 1.83. The molecule has 1 amide bonds. The molecule has 0 saturated heterocycles. The van der Waals surface area contributed by atoms with E-state index < -0.39 is 0 Å². The van der Waals surface area contributed by atoms with Gasteiger partial charge in [0, 0.05) is 33.8 Å². The summed E-state index contributed by atoms with van der Waals surface area (Å²) in [5.41, 5.74) is 10.6. The van der Waals surface area contributed by atoms with Crippen molar-refractivity contribution >= 4 is 45.9 Å². The maximum absolute atomic E-state index is 13.6. The Labute approximate surface area is 238 Å². The van der Waals surface area contributed by atoms with Crippen LogP contribution >= 0.6 is 11.8 Å². The Balaban J connectivity index is 1.52. The number of rotatable bonds is 8. The minimum atomic E-state index is -0.0824. The van der Waals surface area contributed by atoms with E-state index in [-0.39, 0.29) is 17.9 Å². The Morgan fingerprint density at radius 1 is 0.925 bits per heavy atom. The summed E-state index contributed by atoms with van der Waals surface area (Å²) in [4.78, 5) is 31.0. The van der Waals surface area contributed by atoms with Gasteiger partial charge in [-0.1, -0.05) is 55.9 Å². The molecule has 3 N–H and O–H groups in total. The number of carbonyl (C=O) groups excluding carboxylic acids is 1. The van der Waals surface area contributed by atoms with Gasteiger partial charge in [-0.05, 0) is 73.0 Å². The normalized spacial score (nSPS) is 11.9. The van der Waals surface area contributed by atoms with Gasteiger partial charge in [0.1, 0.15) is 12.1 Å². The van der Waals surface area contributed by atoms with Gasteiger partial charge >= 0.3 is 0 Å². The first kappa shape index (κ1) is 27.1. The number of fused-ring (bicyclic) bond motifs is 1. The molecule has 3 aromatic carbocycles. The van der Waals surface area contributed by atoms with E-state index >= 15 is 0 Å². The molecule has 0 saturated carbocycles. The number of aromatic nitrogens is 3. The molecule has 5 aromatic rings.